The van der Waals surface area contributed by atoms with Gasteiger partial charge in [-0.2, -0.15) is 0 Å². The number of benzene rings is 2. The number of carbonyl (C=O) groups excluding carboxylic acids is 2. The third kappa shape index (κ3) is 3.14. The Hall–Kier alpha value is -3.08. The van der Waals surface area contributed by atoms with Gasteiger partial charge in [-0.1, -0.05) is 48.7 Å². The van der Waals surface area contributed by atoms with Crippen molar-refractivity contribution in [1.29, 1.82) is 0 Å². The fraction of sp³-hybridized carbons (Fsp3) is 0.385. The topological polar surface area (TPSA) is 54.3 Å². The van der Waals surface area contributed by atoms with Crippen LogP contribution < -0.4 is 10.2 Å². The van der Waals surface area contributed by atoms with E-state index in [-0.39, 0.29) is 17.9 Å². The average molecular weight is 416 g/mol. The van der Waals surface area contributed by atoms with Crippen LogP contribution in [-0.4, -0.2) is 28.0 Å². The molecular formula is C26H29N3O2. The van der Waals surface area contributed by atoms with E-state index in [4.69, 9.17) is 0 Å². The lowest BCUT2D eigenvalue weighted by atomic mass is 9.92. The Labute approximate surface area is 183 Å². The third-order valence-electron chi connectivity index (χ3n) is 6.97. The van der Waals surface area contributed by atoms with Crippen molar-refractivity contribution in [3.63, 3.8) is 0 Å². The van der Waals surface area contributed by atoms with Gasteiger partial charge in [0.1, 0.15) is 11.2 Å². The Balaban J connectivity index is 1.66. The highest BCUT2D eigenvalue weighted by Gasteiger charge is 2.49. The second kappa shape index (κ2) is 7.26. The van der Waals surface area contributed by atoms with Crippen LogP contribution in [-0.2, 0) is 11.3 Å². The minimum Gasteiger partial charge on any atom is -0.351 e. The maximum Gasteiger partial charge on any atom is 0.275 e. The number of hydrogen-bond acceptors (Lipinski definition) is 2. The summed E-state index contributed by atoms with van der Waals surface area (Å²) in [6.07, 6.45) is 4.32. The first kappa shape index (κ1) is 19.9. The summed E-state index contributed by atoms with van der Waals surface area (Å²) in [5.41, 5.74) is 3.54. The van der Waals surface area contributed by atoms with Crippen LogP contribution in [0.5, 0.6) is 0 Å². The lowest BCUT2D eigenvalue weighted by molar-refractivity contribution is -0.127. The van der Waals surface area contributed by atoms with E-state index in [9.17, 15) is 9.59 Å². The van der Waals surface area contributed by atoms with Crippen LogP contribution in [0.4, 0.5) is 5.69 Å². The van der Waals surface area contributed by atoms with Gasteiger partial charge in [-0.25, -0.2) is 0 Å². The first-order valence-corrected chi connectivity index (χ1v) is 11.2. The number of nitrogens with one attached hydrogen (secondary N) is 1. The normalized spacial score (nSPS) is 21.5. The number of aryl methyl sites for hydroxylation is 2. The Morgan fingerprint density at radius 2 is 1.81 bits per heavy atom. The summed E-state index contributed by atoms with van der Waals surface area (Å²) >= 11 is 0. The molecule has 1 aliphatic carbocycles. The molecule has 2 aliphatic rings. The van der Waals surface area contributed by atoms with Crippen LogP contribution in [0.1, 0.15) is 54.2 Å². The number of anilines is 1. The zero-order valence-electron chi connectivity index (χ0n) is 18.4. The maximum absolute atomic E-state index is 13.9. The molecule has 5 heteroatoms. The largest absolute Gasteiger partial charge is 0.351 e. The van der Waals surface area contributed by atoms with Crippen LogP contribution in [0.25, 0.3) is 10.9 Å². The highest BCUT2D eigenvalue weighted by atomic mass is 16.2. The summed E-state index contributed by atoms with van der Waals surface area (Å²) < 4.78 is 2.02. The number of hydrogen-bond donors (Lipinski definition) is 1. The second-order valence-electron chi connectivity index (χ2n) is 9.33. The van der Waals surface area contributed by atoms with Crippen LogP contribution in [0.2, 0.25) is 0 Å². The molecule has 1 N–H and O–H groups in total. The summed E-state index contributed by atoms with van der Waals surface area (Å²) in [6.45, 7) is 6.38. The van der Waals surface area contributed by atoms with E-state index in [0.717, 1.165) is 53.4 Å². The fourth-order valence-electron chi connectivity index (χ4n) is 5.29. The van der Waals surface area contributed by atoms with E-state index in [1.54, 1.807) is 4.90 Å². The van der Waals surface area contributed by atoms with Gasteiger partial charge in [0.25, 0.3) is 5.91 Å². The van der Waals surface area contributed by atoms with E-state index < -0.39 is 5.54 Å². The highest BCUT2D eigenvalue weighted by Crippen LogP contribution is 2.37. The maximum atomic E-state index is 13.9. The highest BCUT2D eigenvalue weighted by molar-refractivity contribution is 6.14. The van der Waals surface area contributed by atoms with Gasteiger partial charge in [0.2, 0.25) is 5.91 Å². The van der Waals surface area contributed by atoms with Gasteiger partial charge < -0.3 is 9.88 Å². The van der Waals surface area contributed by atoms with Crippen molar-refractivity contribution in [3.8, 4) is 0 Å². The van der Waals surface area contributed by atoms with E-state index in [0.29, 0.717) is 12.2 Å². The number of aromatic nitrogens is 1. The molecule has 1 fully saturated rings. The Kier molecular flexibility index (Phi) is 4.65. The standard InChI is InChI=1S/C26H29N3O2/c1-17-12-13-21(18(2)14-17)29-24(30)23-15-19-8-4-7-11-22(19)28(23)16-26(29,3)25(31)27-20-9-5-6-10-20/h4,7-8,11-15,20H,5-6,9-10,16H2,1-3H3,(H,27,31)/t26-/m0/s1. The molecule has 3 aromatic rings. The molecule has 2 amide bonds. The number of nitrogens with zero attached hydrogens (tertiary/aromatic N) is 2. The molecule has 31 heavy (non-hydrogen) atoms. The molecule has 5 rings (SSSR count). The Morgan fingerprint density at radius 1 is 1.06 bits per heavy atom. The number of fused-ring (bicyclic) bond motifs is 3. The van der Waals surface area contributed by atoms with E-state index in [1.165, 1.54) is 0 Å². The first-order valence-electron chi connectivity index (χ1n) is 11.2. The molecule has 0 unspecified atom stereocenters. The van der Waals surface area contributed by atoms with Gasteiger partial charge in [0.15, 0.2) is 0 Å². The predicted molar refractivity (Wildman–Crippen MR) is 123 cm³/mol. The quantitative estimate of drug-likeness (QED) is 0.672. The second-order valence-corrected chi connectivity index (χ2v) is 9.33. The molecule has 1 aliphatic heterocycles. The molecule has 0 saturated heterocycles. The van der Waals surface area contributed by atoms with Crippen molar-refractivity contribution in [2.45, 2.75) is 64.6 Å². The minimum absolute atomic E-state index is 0.0730. The zero-order chi connectivity index (χ0) is 21.8. The molecule has 0 bridgehead atoms. The SMILES string of the molecule is Cc1ccc(N2C(=O)c3cc4ccccc4n3C[C@@]2(C)C(=O)NC2CCCC2)c(C)c1. The van der Waals surface area contributed by atoms with Gasteiger partial charge in [0.05, 0.1) is 6.54 Å². The minimum atomic E-state index is -1.02. The van der Waals surface area contributed by atoms with Gasteiger partial charge in [0, 0.05) is 22.6 Å². The molecule has 1 atom stereocenters. The van der Waals surface area contributed by atoms with Crippen molar-refractivity contribution in [2.75, 3.05) is 4.90 Å². The van der Waals surface area contributed by atoms with Crippen LogP contribution in [0.15, 0.2) is 48.5 Å². The van der Waals surface area contributed by atoms with Crippen molar-refractivity contribution < 1.29 is 9.59 Å². The lowest BCUT2D eigenvalue weighted by Gasteiger charge is -2.45. The number of rotatable bonds is 3. The molecule has 5 nitrogen and oxygen atoms in total. The molecule has 2 heterocycles. The number of amides is 2. The first-order chi connectivity index (χ1) is 14.9. The third-order valence-corrected chi connectivity index (χ3v) is 6.97. The molecule has 0 radical (unpaired) electrons. The van der Waals surface area contributed by atoms with Gasteiger partial charge in [-0.05, 0) is 57.4 Å². The van der Waals surface area contributed by atoms with Gasteiger partial charge in [-0.3, -0.25) is 14.5 Å². The molecule has 1 saturated carbocycles. The van der Waals surface area contributed by atoms with Crippen molar-refractivity contribution >= 4 is 28.4 Å². The molecular weight excluding hydrogens is 386 g/mol. The summed E-state index contributed by atoms with van der Waals surface area (Å²) in [4.78, 5) is 29.4. The summed E-state index contributed by atoms with van der Waals surface area (Å²) in [6, 6.07) is 16.2. The van der Waals surface area contributed by atoms with Gasteiger partial charge >= 0.3 is 0 Å². The van der Waals surface area contributed by atoms with Gasteiger partial charge in [-0.15, -0.1) is 0 Å². The molecule has 1 aromatic heterocycles. The summed E-state index contributed by atoms with van der Waals surface area (Å²) in [5, 5.41) is 4.29. The van der Waals surface area contributed by atoms with Crippen molar-refractivity contribution in [1.82, 2.24) is 9.88 Å². The van der Waals surface area contributed by atoms with E-state index in [2.05, 4.69) is 11.4 Å². The Bertz CT molecular complexity index is 1190. The van der Waals surface area contributed by atoms with Crippen LogP contribution in [0, 0.1) is 13.8 Å². The monoisotopic (exact) mass is 415 g/mol. The van der Waals surface area contributed by atoms with Crippen molar-refractivity contribution in [2.24, 2.45) is 0 Å². The van der Waals surface area contributed by atoms with E-state index in [1.807, 2.05) is 67.8 Å². The Morgan fingerprint density at radius 3 is 2.55 bits per heavy atom. The number of para-hydroxylation sites is 1. The van der Waals surface area contributed by atoms with Crippen LogP contribution >= 0.6 is 0 Å². The lowest BCUT2D eigenvalue weighted by Crippen LogP contribution is -2.65. The zero-order valence-corrected chi connectivity index (χ0v) is 18.4. The average Bonchev–Trinajstić information content (AvgIpc) is 3.37. The van der Waals surface area contributed by atoms with Crippen LogP contribution in [0.3, 0.4) is 0 Å². The predicted octanol–water partition coefficient (Wildman–Crippen LogP) is 4.74. The summed E-state index contributed by atoms with van der Waals surface area (Å²) in [7, 11) is 0. The molecule has 0 spiro atoms. The van der Waals surface area contributed by atoms with Crippen molar-refractivity contribution in [3.05, 3.63) is 65.4 Å². The summed E-state index contributed by atoms with van der Waals surface area (Å²) in [5.74, 6) is -0.199. The smallest absolute Gasteiger partial charge is 0.275 e. The molecule has 160 valence electrons. The number of carbonyl (C=O) groups is 2. The fourth-order valence-corrected chi connectivity index (χ4v) is 5.29. The molecule has 2 aromatic carbocycles. The van der Waals surface area contributed by atoms with E-state index >= 15 is 0 Å².